The molecule has 294 valence electrons. The number of fused-ring (bicyclic) bond motifs is 9. The van der Waals surface area contributed by atoms with Crippen LogP contribution >= 0.6 is 0 Å². The molecule has 0 N–H and O–H groups in total. The summed E-state index contributed by atoms with van der Waals surface area (Å²) >= 11 is 0. The van der Waals surface area contributed by atoms with Crippen LogP contribution in [-0.4, -0.2) is 64.1 Å². The van der Waals surface area contributed by atoms with Crippen LogP contribution in [0.3, 0.4) is 0 Å². The van der Waals surface area contributed by atoms with Crippen molar-refractivity contribution in [2.75, 3.05) is 0 Å². The predicted octanol–water partition coefficient (Wildman–Crippen LogP) is 2.59. The summed E-state index contributed by atoms with van der Waals surface area (Å²) < 4.78 is 11.7. The van der Waals surface area contributed by atoms with E-state index in [4.69, 9.17) is 4.42 Å². The first kappa shape index (κ1) is 38.5. The van der Waals surface area contributed by atoms with Gasteiger partial charge in [-0.1, -0.05) is 154 Å². The second kappa shape index (κ2) is 14.4. The van der Waals surface area contributed by atoms with E-state index in [9.17, 15) is 0 Å². The van der Waals surface area contributed by atoms with Gasteiger partial charge in [0.2, 0.25) is 0 Å². The molecule has 0 saturated carbocycles. The van der Waals surface area contributed by atoms with Gasteiger partial charge >= 0.3 is 0 Å². The Hall–Kier alpha value is -7.17. The Bertz CT molecular complexity index is 3910. The maximum Gasteiger partial charge on any atom is 0.159 e. The Morgan fingerprint density at radius 1 is 0.359 bits per heavy atom. The topological polar surface area (TPSA) is 23.0 Å². The smallest absolute Gasteiger partial charge is 0.159 e. The second-order valence-electron chi connectivity index (χ2n) is 17.8. The lowest BCUT2D eigenvalue weighted by Crippen LogP contribution is -2.48. The molecule has 0 aliphatic carbocycles. The van der Waals surface area contributed by atoms with Crippen LogP contribution in [0.5, 0.6) is 0 Å². The van der Waals surface area contributed by atoms with Gasteiger partial charge in [-0.15, -0.1) is 5.46 Å². The first-order valence-electron chi connectivity index (χ1n) is 22.4. The fraction of sp³-hybridized carbons (Fsp3) is 0. The minimum Gasteiger partial charge on any atom is -0.454 e. The number of hydrogen-bond acceptors (Lipinski definition) is 1. The van der Waals surface area contributed by atoms with Gasteiger partial charge in [0, 0.05) is 43.7 Å². The average molecular weight is 810 g/mol. The van der Waals surface area contributed by atoms with Gasteiger partial charge < -0.3 is 13.6 Å². The number of para-hydroxylation sites is 2. The summed E-state index contributed by atoms with van der Waals surface area (Å²) in [6.45, 7) is 0. The molecule has 3 aromatic heterocycles. The van der Waals surface area contributed by atoms with Crippen LogP contribution in [-0.2, 0) is 0 Å². The van der Waals surface area contributed by atoms with Crippen LogP contribution in [0.1, 0.15) is 0 Å². The van der Waals surface area contributed by atoms with Crippen LogP contribution in [0.25, 0.3) is 110 Å². The number of nitrogens with zero attached hydrogens (tertiary/aromatic N) is 2. The lowest BCUT2D eigenvalue weighted by atomic mass is 9.64. The highest BCUT2D eigenvalue weighted by molar-refractivity contribution is 6.69. The van der Waals surface area contributed by atoms with Gasteiger partial charge in [0.25, 0.3) is 0 Å². The maximum atomic E-state index is 6.70. The molecule has 0 unspecified atom stereocenters. The molecule has 0 fully saturated rings. The monoisotopic (exact) mass is 810 g/mol. The zero-order valence-corrected chi connectivity index (χ0v) is 37.4. The van der Waals surface area contributed by atoms with Crippen LogP contribution in [0.2, 0.25) is 0 Å². The zero-order chi connectivity index (χ0) is 43.5. The first-order valence-corrected chi connectivity index (χ1v) is 22.4. The van der Waals surface area contributed by atoms with Crippen molar-refractivity contribution >= 4 is 159 Å². The SMILES string of the molecule is Bc1c(B)c(B)c2c(c1B)c1c(B)c(-c3ccc4c(c3)c3c(-c5ccccc5)cccc3n4-c3cccc4c3oc3ccccc34)c(B)c(B)c1n2-c1ccc(-c2ccccc2)cc1. The van der Waals surface area contributed by atoms with E-state index in [1.165, 1.54) is 110 Å². The zero-order valence-electron chi connectivity index (χ0n) is 37.4. The van der Waals surface area contributed by atoms with E-state index >= 15 is 0 Å². The molecule has 0 amide bonds. The van der Waals surface area contributed by atoms with Gasteiger partial charge in [-0.3, -0.25) is 0 Å². The van der Waals surface area contributed by atoms with Gasteiger partial charge in [-0.25, -0.2) is 0 Å². The molecule has 3 nitrogen and oxygen atoms in total. The van der Waals surface area contributed by atoms with Crippen molar-refractivity contribution in [1.82, 2.24) is 9.13 Å². The molecule has 12 rings (SSSR count). The number of aromatic nitrogens is 2. The third kappa shape index (κ3) is 5.45. The van der Waals surface area contributed by atoms with Gasteiger partial charge in [0.15, 0.2) is 5.58 Å². The van der Waals surface area contributed by atoms with E-state index in [0.29, 0.717) is 0 Å². The molecule has 10 heteroatoms. The summed E-state index contributed by atoms with van der Waals surface area (Å²) in [4.78, 5) is 0. The number of furan rings is 1. The molecule has 0 aliphatic heterocycles. The summed E-state index contributed by atoms with van der Waals surface area (Å²) in [5.41, 5.74) is 25.6. The van der Waals surface area contributed by atoms with Crippen LogP contribution in [0.15, 0.2) is 168 Å². The van der Waals surface area contributed by atoms with Crippen molar-refractivity contribution in [3.63, 3.8) is 0 Å². The average Bonchev–Trinajstić information content (AvgIpc) is 4.01. The molecule has 64 heavy (non-hydrogen) atoms. The third-order valence-electron chi connectivity index (χ3n) is 14.7. The molecule has 0 spiro atoms. The van der Waals surface area contributed by atoms with Crippen molar-refractivity contribution in [3.05, 3.63) is 164 Å². The summed E-state index contributed by atoms with van der Waals surface area (Å²) in [7, 11) is 16.3. The Kier molecular flexibility index (Phi) is 8.69. The lowest BCUT2D eigenvalue weighted by Gasteiger charge is -2.19. The molecule has 0 radical (unpaired) electrons. The fourth-order valence-corrected chi connectivity index (χ4v) is 11.1. The Balaban J connectivity index is 1.15. The van der Waals surface area contributed by atoms with E-state index in [2.05, 4.69) is 222 Å². The highest BCUT2D eigenvalue weighted by Crippen LogP contribution is 2.43. The summed E-state index contributed by atoms with van der Waals surface area (Å²) in [5, 5.41) is 7.40. The maximum absolute atomic E-state index is 6.70. The van der Waals surface area contributed by atoms with E-state index in [1.54, 1.807) is 0 Å². The van der Waals surface area contributed by atoms with E-state index in [1.807, 2.05) is 6.07 Å². The predicted molar refractivity (Wildman–Crippen MR) is 296 cm³/mol. The normalized spacial score (nSPS) is 11.9. The minimum atomic E-state index is 0.895. The van der Waals surface area contributed by atoms with Gasteiger partial charge in [-0.2, -0.15) is 0 Å². The summed E-state index contributed by atoms with van der Waals surface area (Å²) in [6.07, 6.45) is 0. The molecule has 0 saturated heterocycles. The molecular formula is C54H41B7N2O. The third-order valence-corrected chi connectivity index (χ3v) is 14.7. The van der Waals surface area contributed by atoms with Gasteiger partial charge in [-0.05, 0) is 81.2 Å². The largest absolute Gasteiger partial charge is 0.454 e. The number of benzene rings is 9. The summed E-state index contributed by atoms with van der Waals surface area (Å²) in [6, 6.07) is 59.5. The Labute approximate surface area is 379 Å². The number of hydrogen-bond donors (Lipinski definition) is 0. The summed E-state index contributed by atoms with van der Waals surface area (Å²) in [5.74, 6) is 0. The quantitative estimate of drug-likeness (QED) is 0.246. The molecule has 3 heterocycles. The molecule has 0 atom stereocenters. The van der Waals surface area contributed by atoms with Crippen LogP contribution < -0.4 is 38.2 Å². The lowest BCUT2D eigenvalue weighted by molar-refractivity contribution is 0.666. The molecule has 12 aromatic rings. The Morgan fingerprint density at radius 3 is 1.70 bits per heavy atom. The van der Waals surface area contributed by atoms with Gasteiger partial charge in [0.1, 0.15) is 60.5 Å². The van der Waals surface area contributed by atoms with Crippen molar-refractivity contribution < 1.29 is 4.42 Å². The Morgan fingerprint density at radius 2 is 0.953 bits per heavy atom. The molecule has 0 aliphatic rings. The molecule has 0 bridgehead atoms. The highest BCUT2D eigenvalue weighted by Gasteiger charge is 2.26. The van der Waals surface area contributed by atoms with Crippen LogP contribution in [0, 0.1) is 0 Å². The minimum absolute atomic E-state index is 0.895. The first-order chi connectivity index (χ1) is 31.2. The van der Waals surface area contributed by atoms with Crippen molar-refractivity contribution in [1.29, 1.82) is 0 Å². The standard InChI is InChI=1S/C54H41B7N2O/c55-45-41(46(56)50(60)52-43(45)44-47(57)48(58)49(59)51(61)53(44)62(52)32-24-21-29(22-25-32)28-11-3-1-4-12-28)31-23-26-37-36(27-31)42-33(30-13-5-2-6-14-30)16-9-18-38(42)63(37)39-19-10-17-35-34-15-7-8-20-40(34)64-54(35)39/h1-27H,55-61H2. The van der Waals surface area contributed by atoms with E-state index in [-0.39, 0.29) is 0 Å². The van der Waals surface area contributed by atoms with Crippen molar-refractivity contribution in [2.24, 2.45) is 0 Å². The van der Waals surface area contributed by atoms with Crippen molar-refractivity contribution in [3.8, 4) is 44.8 Å². The number of rotatable bonds is 5. The van der Waals surface area contributed by atoms with E-state index in [0.717, 1.165) is 38.7 Å². The molecule has 9 aromatic carbocycles. The van der Waals surface area contributed by atoms with Crippen LogP contribution in [0.4, 0.5) is 0 Å². The van der Waals surface area contributed by atoms with Crippen molar-refractivity contribution in [2.45, 2.75) is 0 Å². The molecular weight excluding hydrogens is 768 g/mol. The second-order valence-corrected chi connectivity index (χ2v) is 17.8. The highest BCUT2D eigenvalue weighted by atomic mass is 16.3. The van der Waals surface area contributed by atoms with Gasteiger partial charge in [0.05, 0.1) is 16.7 Å². The fourth-order valence-electron chi connectivity index (χ4n) is 11.1. The van der Waals surface area contributed by atoms with E-state index < -0.39 is 0 Å².